The van der Waals surface area contributed by atoms with Crippen molar-refractivity contribution < 1.29 is 9.53 Å². The Hall–Kier alpha value is -2.34. The zero-order chi connectivity index (χ0) is 17.9. The van der Waals surface area contributed by atoms with Crippen LogP contribution in [-0.2, 0) is 16.6 Å². The third-order valence-corrected chi connectivity index (χ3v) is 5.45. The first-order chi connectivity index (χ1) is 12.7. The highest BCUT2D eigenvalue weighted by Crippen LogP contribution is 2.35. The molecule has 2 aliphatic heterocycles. The molecule has 4 rings (SSSR count). The van der Waals surface area contributed by atoms with E-state index < -0.39 is 0 Å². The van der Waals surface area contributed by atoms with Crippen molar-refractivity contribution in [2.45, 2.75) is 18.9 Å². The predicted molar refractivity (Wildman–Crippen MR) is 99.9 cm³/mol. The van der Waals surface area contributed by atoms with Crippen molar-refractivity contribution in [1.82, 2.24) is 14.5 Å². The van der Waals surface area contributed by atoms with Crippen molar-refractivity contribution in [3.8, 4) is 0 Å². The summed E-state index contributed by atoms with van der Waals surface area (Å²) in [6.07, 6.45) is 5.21. The van der Waals surface area contributed by atoms with E-state index in [1.54, 1.807) is 6.20 Å². The van der Waals surface area contributed by atoms with Crippen LogP contribution in [-0.4, -0.2) is 53.1 Å². The van der Waals surface area contributed by atoms with Gasteiger partial charge in [0.15, 0.2) is 0 Å². The fourth-order valence-electron chi connectivity index (χ4n) is 4.02. The Kier molecular flexibility index (Phi) is 4.93. The molecule has 2 aliphatic rings. The number of carbonyl (C=O) groups is 1. The van der Waals surface area contributed by atoms with Crippen LogP contribution in [0.4, 0.5) is 5.69 Å². The summed E-state index contributed by atoms with van der Waals surface area (Å²) in [4.78, 5) is 22.0. The van der Waals surface area contributed by atoms with Crippen molar-refractivity contribution in [1.29, 1.82) is 0 Å². The van der Waals surface area contributed by atoms with Gasteiger partial charge in [0.2, 0.25) is 5.91 Å². The summed E-state index contributed by atoms with van der Waals surface area (Å²) in [6, 6.07) is 10.4. The number of para-hydroxylation sites is 1. The molecule has 2 aromatic rings. The molecule has 0 radical (unpaired) electrons. The number of amides is 1. The molecule has 3 heterocycles. The maximum atomic E-state index is 13.2. The molecule has 26 heavy (non-hydrogen) atoms. The minimum absolute atomic E-state index is 0.126. The number of hydrogen-bond acceptors (Lipinski definition) is 4. The van der Waals surface area contributed by atoms with Gasteiger partial charge in [-0.25, -0.2) is 4.98 Å². The van der Waals surface area contributed by atoms with Crippen molar-refractivity contribution >= 4 is 11.6 Å². The molecule has 2 atom stereocenters. The molecule has 0 bridgehead atoms. The van der Waals surface area contributed by atoms with E-state index in [0.29, 0.717) is 6.61 Å². The minimum atomic E-state index is -0.226. The van der Waals surface area contributed by atoms with Crippen LogP contribution in [0, 0.1) is 5.92 Å². The normalized spacial score (nSPS) is 23.9. The molecular weight excluding hydrogens is 328 g/mol. The Labute approximate surface area is 154 Å². The van der Waals surface area contributed by atoms with Crippen LogP contribution in [0.1, 0.15) is 24.8 Å². The number of anilines is 1. The molecule has 1 aromatic carbocycles. The third-order valence-electron chi connectivity index (χ3n) is 5.45. The molecule has 0 unspecified atom stereocenters. The molecule has 0 spiro atoms. The number of imidazole rings is 1. The Morgan fingerprint density at radius 1 is 1.15 bits per heavy atom. The van der Waals surface area contributed by atoms with Gasteiger partial charge in [0.1, 0.15) is 11.9 Å². The number of rotatable bonds is 3. The van der Waals surface area contributed by atoms with E-state index in [2.05, 4.69) is 34.1 Å². The van der Waals surface area contributed by atoms with Crippen LogP contribution < -0.4 is 4.90 Å². The molecular formula is C20H26N4O2. The van der Waals surface area contributed by atoms with E-state index in [1.165, 1.54) is 5.69 Å². The van der Waals surface area contributed by atoms with Gasteiger partial charge in [-0.2, -0.15) is 0 Å². The molecule has 1 aromatic heterocycles. The van der Waals surface area contributed by atoms with Gasteiger partial charge in [0, 0.05) is 57.9 Å². The summed E-state index contributed by atoms with van der Waals surface area (Å²) < 4.78 is 7.84. The lowest BCUT2D eigenvalue weighted by Gasteiger charge is -2.27. The number of hydrogen-bond donors (Lipinski definition) is 0. The molecule has 6 nitrogen and oxygen atoms in total. The van der Waals surface area contributed by atoms with E-state index in [9.17, 15) is 4.79 Å². The van der Waals surface area contributed by atoms with Gasteiger partial charge in [0.25, 0.3) is 0 Å². The van der Waals surface area contributed by atoms with Crippen molar-refractivity contribution in [3.05, 3.63) is 48.5 Å². The highest BCUT2D eigenvalue weighted by molar-refractivity contribution is 5.80. The first-order valence-corrected chi connectivity index (χ1v) is 9.41. The number of aryl methyl sites for hydroxylation is 1. The van der Waals surface area contributed by atoms with Crippen LogP contribution in [0.25, 0.3) is 0 Å². The van der Waals surface area contributed by atoms with Crippen LogP contribution in [0.3, 0.4) is 0 Å². The summed E-state index contributed by atoms with van der Waals surface area (Å²) in [5.41, 5.74) is 1.23. The molecule has 0 N–H and O–H groups in total. The molecule has 2 fully saturated rings. The highest BCUT2D eigenvalue weighted by Gasteiger charge is 2.39. The van der Waals surface area contributed by atoms with Crippen molar-refractivity contribution in [2.75, 3.05) is 37.7 Å². The topological polar surface area (TPSA) is 50.6 Å². The second kappa shape index (κ2) is 7.50. The van der Waals surface area contributed by atoms with Crippen LogP contribution in [0.2, 0.25) is 0 Å². The monoisotopic (exact) mass is 354 g/mol. The van der Waals surface area contributed by atoms with Gasteiger partial charge in [-0.3, -0.25) is 4.79 Å². The molecule has 2 saturated heterocycles. The van der Waals surface area contributed by atoms with Crippen LogP contribution >= 0.6 is 0 Å². The van der Waals surface area contributed by atoms with E-state index >= 15 is 0 Å². The zero-order valence-corrected chi connectivity index (χ0v) is 15.3. The maximum absolute atomic E-state index is 13.2. The molecule has 0 saturated carbocycles. The van der Waals surface area contributed by atoms with Gasteiger partial charge in [-0.1, -0.05) is 18.2 Å². The van der Waals surface area contributed by atoms with E-state index in [0.717, 1.165) is 44.8 Å². The predicted octanol–water partition coefficient (Wildman–Crippen LogP) is 2.24. The van der Waals surface area contributed by atoms with Crippen LogP contribution in [0.5, 0.6) is 0 Å². The second-order valence-electron chi connectivity index (χ2n) is 7.08. The lowest BCUT2D eigenvalue weighted by molar-refractivity contribution is -0.137. The quantitative estimate of drug-likeness (QED) is 0.848. The van der Waals surface area contributed by atoms with E-state index in [4.69, 9.17) is 4.74 Å². The van der Waals surface area contributed by atoms with E-state index in [-0.39, 0.29) is 17.9 Å². The summed E-state index contributed by atoms with van der Waals surface area (Å²) in [5.74, 6) is 0.936. The van der Waals surface area contributed by atoms with Crippen molar-refractivity contribution in [2.24, 2.45) is 13.0 Å². The minimum Gasteiger partial charge on any atom is -0.370 e. The Balaban J connectivity index is 1.44. The lowest BCUT2D eigenvalue weighted by Crippen LogP contribution is -2.40. The lowest BCUT2D eigenvalue weighted by atomic mass is 9.99. The summed E-state index contributed by atoms with van der Waals surface area (Å²) >= 11 is 0. The van der Waals surface area contributed by atoms with Gasteiger partial charge < -0.3 is 19.1 Å². The number of carbonyl (C=O) groups excluding carboxylic acids is 1. The number of nitrogens with zero attached hydrogens (tertiary/aromatic N) is 4. The smallest absolute Gasteiger partial charge is 0.228 e. The average molecular weight is 354 g/mol. The number of benzene rings is 1. The summed E-state index contributed by atoms with van der Waals surface area (Å²) in [6.45, 7) is 4.05. The molecule has 6 heteroatoms. The standard InChI is InChI=1S/C20H26N4O2/c1-22-12-9-21-19(22)18-17(8-15-26-18)20(25)24-11-5-10-23(13-14-24)16-6-3-2-4-7-16/h2-4,6-7,9,12,17-18H,5,8,10-11,13-15H2,1H3/t17-,18-/m1/s1. The average Bonchev–Trinajstić information content (AvgIpc) is 3.23. The van der Waals surface area contributed by atoms with Gasteiger partial charge in [0.05, 0.1) is 5.92 Å². The van der Waals surface area contributed by atoms with Gasteiger partial charge in [-0.05, 0) is 25.0 Å². The molecule has 1 amide bonds. The van der Waals surface area contributed by atoms with Crippen molar-refractivity contribution in [3.63, 3.8) is 0 Å². The highest BCUT2D eigenvalue weighted by atomic mass is 16.5. The SMILES string of the molecule is Cn1ccnc1[C@@H]1OCC[C@H]1C(=O)N1CCCN(c2ccccc2)CC1. The van der Waals surface area contributed by atoms with Gasteiger partial charge >= 0.3 is 0 Å². The summed E-state index contributed by atoms with van der Waals surface area (Å²) in [5, 5.41) is 0. The summed E-state index contributed by atoms with van der Waals surface area (Å²) in [7, 11) is 1.95. The third kappa shape index (κ3) is 3.33. The maximum Gasteiger partial charge on any atom is 0.228 e. The largest absolute Gasteiger partial charge is 0.370 e. The first kappa shape index (κ1) is 17.1. The number of aromatic nitrogens is 2. The zero-order valence-electron chi connectivity index (χ0n) is 15.3. The molecule has 138 valence electrons. The fraction of sp³-hybridized carbons (Fsp3) is 0.500. The molecule has 0 aliphatic carbocycles. The van der Waals surface area contributed by atoms with E-state index in [1.807, 2.05) is 28.8 Å². The Bertz CT molecular complexity index is 745. The number of ether oxygens (including phenoxy) is 1. The van der Waals surface area contributed by atoms with Gasteiger partial charge in [-0.15, -0.1) is 0 Å². The first-order valence-electron chi connectivity index (χ1n) is 9.41. The van der Waals surface area contributed by atoms with Crippen LogP contribution in [0.15, 0.2) is 42.7 Å². The second-order valence-corrected chi connectivity index (χ2v) is 7.08. The Morgan fingerprint density at radius 2 is 2.00 bits per heavy atom. The Morgan fingerprint density at radius 3 is 2.77 bits per heavy atom. The fourth-order valence-corrected chi connectivity index (χ4v) is 4.02.